The van der Waals surface area contributed by atoms with Crippen LogP contribution >= 0.6 is 15.9 Å². The zero-order valence-electron chi connectivity index (χ0n) is 10.3. The second kappa shape index (κ2) is 5.78. The van der Waals surface area contributed by atoms with Crippen LogP contribution in [0.2, 0.25) is 0 Å². The summed E-state index contributed by atoms with van der Waals surface area (Å²) in [6.45, 7) is 1.67. The van der Waals surface area contributed by atoms with Crippen molar-refractivity contribution in [1.82, 2.24) is 0 Å². The van der Waals surface area contributed by atoms with Crippen molar-refractivity contribution in [2.45, 2.75) is 18.2 Å². The molecule has 0 aliphatic rings. The standard InChI is InChI=1S/C15H12BrF3/c1-9-4-2-6-11(14(9)18)12(16)8-10-5-3-7-13(17)15(10)19/h2-7,12H,8H2,1H3. The third-order valence-electron chi connectivity index (χ3n) is 2.99. The van der Waals surface area contributed by atoms with Crippen LogP contribution in [0.25, 0.3) is 0 Å². The first-order valence-corrected chi connectivity index (χ1v) is 6.74. The molecule has 0 spiro atoms. The Bertz CT molecular complexity index is 596. The van der Waals surface area contributed by atoms with Crippen molar-refractivity contribution in [2.75, 3.05) is 0 Å². The van der Waals surface area contributed by atoms with Gasteiger partial charge in [0.05, 0.1) is 0 Å². The Kier molecular flexibility index (Phi) is 4.30. The van der Waals surface area contributed by atoms with Gasteiger partial charge in [0.2, 0.25) is 0 Å². The minimum absolute atomic E-state index is 0.184. The Morgan fingerprint density at radius 1 is 1.00 bits per heavy atom. The molecule has 2 rings (SSSR count). The lowest BCUT2D eigenvalue weighted by Gasteiger charge is -2.13. The molecule has 0 heterocycles. The van der Waals surface area contributed by atoms with Crippen LogP contribution in [0, 0.1) is 24.4 Å². The second-order valence-electron chi connectivity index (χ2n) is 4.36. The molecule has 0 nitrogen and oxygen atoms in total. The zero-order chi connectivity index (χ0) is 14.0. The third-order valence-corrected chi connectivity index (χ3v) is 3.81. The molecule has 2 aromatic carbocycles. The monoisotopic (exact) mass is 328 g/mol. The summed E-state index contributed by atoms with van der Waals surface area (Å²) in [6.07, 6.45) is 0.184. The molecule has 0 fully saturated rings. The maximum absolute atomic E-state index is 13.9. The lowest BCUT2D eigenvalue weighted by atomic mass is 10.0. The molecule has 2 aromatic rings. The van der Waals surface area contributed by atoms with E-state index < -0.39 is 16.5 Å². The number of aryl methyl sites for hydroxylation is 1. The fourth-order valence-corrected chi connectivity index (χ4v) is 2.62. The van der Waals surface area contributed by atoms with E-state index in [4.69, 9.17) is 0 Å². The molecule has 1 unspecified atom stereocenters. The van der Waals surface area contributed by atoms with Gasteiger partial charge < -0.3 is 0 Å². The number of alkyl halides is 1. The van der Waals surface area contributed by atoms with Gasteiger partial charge in [-0.05, 0) is 30.5 Å². The number of benzene rings is 2. The molecule has 0 N–H and O–H groups in total. The topological polar surface area (TPSA) is 0 Å². The molecule has 100 valence electrons. The van der Waals surface area contributed by atoms with Crippen molar-refractivity contribution in [1.29, 1.82) is 0 Å². The van der Waals surface area contributed by atoms with Gasteiger partial charge in [-0.15, -0.1) is 0 Å². The summed E-state index contributed by atoms with van der Waals surface area (Å²) in [7, 11) is 0. The van der Waals surface area contributed by atoms with Crippen LogP contribution in [-0.2, 0) is 6.42 Å². The summed E-state index contributed by atoms with van der Waals surface area (Å²) in [5.74, 6) is -2.08. The Labute approximate surface area is 118 Å². The SMILES string of the molecule is Cc1cccc(C(Br)Cc2cccc(F)c2F)c1F. The molecule has 4 heteroatoms. The molecule has 0 radical (unpaired) electrons. The number of hydrogen-bond acceptors (Lipinski definition) is 0. The van der Waals surface area contributed by atoms with Crippen molar-refractivity contribution in [3.05, 3.63) is 70.5 Å². The fourth-order valence-electron chi connectivity index (χ4n) is 1.92. The van der Waals surface area contributed by atoms with E-state index in [-0.39, 0.29) is 17.8 Å². The van der Waals surface area contributed by atoms with Crippen molar-refractivity contribution < 1.29 is 13.2 Å². The van der Waals surface area contributed by atoms with Crippen LogP contribution in [0.4, 0.5) is 13.2 Å². The Balaban J connectivity index is 2.28. The Morgan fingerprint density at radius 3 is 2.42 bits per heavy atom. The van der Waals surface area contributed by atoms with Gasteiger partial charge in [0.25, 0.3) is 0 Å². The highest BCUT2D eigenvalue weighted by molar-refractivity contribution is 9.09. The minimum Gasteiger partial charge on any atom is -0.206 e. The molecular formula is C15H12BrF3. The molecule has 0 bridgehead atoms. The van der Waals surface area contributed by atoms with Gasteiger partial charge in [0.15, 0.2) is 11.6 Å². The van der Waals surface area contributed by atoms with Crippen LogP contribution in [0.1, 0.15) is 21.5 Å². The lowest BCUT2D eigenvalue weighted by molar-refractivity contribution is 0.497. The van der Waals surface area contributed by atoms with Crippen LogP contribution < -0.4 is 0 Å². The highest BCUT2D eigenvalue weighted by atomic mass is 79.9. The summed E-state index contributed by atoms with van der Waals surface area (Å²) in [6, 6.07) is 9.06. The van der Waals surface area contributed by atoms with Crippen molar-refractivity contribution >= 4 is 15.9 Å². The Morgan fingerprint density at radius 2 is 1.68 bits per heavy atom. The van der Waals surface area contributed by atoms with Crippen LogP contribution in [-0.4, -0.2) is 0 Å². The molecule has 0 aliphatic heterocycles. The van der Waals surface area contributed by atoms with Gasteiger partial charge in [-0.25, -0.2) is 13.2 Å². The summed E-state index contributed by atoms with van der Waals surface area (Å²) in [5, 5.41) is 0. The number of rotatable bonds is 3. The molecule has 0 aromatic heterocycles. The van der Waals surface area contributed by atoms with Crippen molar-refractivity contribution in [3.8, 4) is 0 Å². The van der Waals surface area contributed by atoms with E-state index in [2.05, 4.69) is 15.9 Å². The van der Waals surface area contributed by atoms with Crippen LogP contribution in [0.5, 0.6) is 0 Å². The maximum atomic E-state index is 13.9. The molecule has 0 saturated carbocycles. The van der Waals surface area contributed by atoms with E-state index in [1.165, 1.54) is 12.1 Å². The van der Waals surface area contributed by atoms with Crippen molar-refractivity contribution in [3.63, 3.8) is 0 Å². The largest absolute Gasteiger partial charge is 0.206 e. The van der Waals surface area contributed by atoms with Gasteiger partial charge in [-0.2, -0.15) is 0 Å². The highest BCUT2D eigenvalue weighted by Gasteiger charge is 2.17. The van der Waals surface area contributed by atoms with E-state index in [0.29, 0.717) is 11.1 Å². The predicted molar refractivity (Wildman–Crippen MR) is 72.9 cm³/mol. The quantitative estimate of drug-likeness (QED) is 0.688. The summed E-state index contributed by atoms with van der Waals surface area (Å²) in [5.41, 5.74) is 1.20. The second-order valence-corrected chi connectivity index (χ2v) is 5.47. The first kappa shape index (κ1) is 14.1. The molecule has 0 saturated heterocycles. The first-order valence-electron chi connectivity index (χ1n) is 5.82. The van der Waals surface area contributed by atoms with E-state index >= 15 is 0 Å². The normalized spacial score (nSPS) is 12.5. The number of hydrogen-bond donors (Lipinski definition) is 0. The molecule has 0 amide bonds. The van der Waals surface area contributed by atoms with E-state index in [1.807, 2.05) is 0 Å². The van der Waals surface area contributed by atoms with Gasteiger partial charge in [0.1, 0.15) is 5.82 Å². The molecular weight excluding hydrogens is 317 g/mol. The average Bonchev–Trinajstić information content (AvgIpc) is 2.38. The summed E-state index contributed by atoms with van der Waals surface area (Å²) < 4.78 is 40.6. The van der Waals surface area contributed by atoms with E-state index in [0.717, 1.165) is 6.07 Å². The van der Waals surface area contributed by atoms with Crippen LogP contribution in [0.15, 0.2) is 36.4 Å². The Hall–Kier alpha value is -1.29. The smallest absolute Gasteiger partial charge is 0.162 e. The molecule has 0 aliphatic carbocycles. The third kappa shape index (κ3) is 3.00. The van der Waals surface area contributed by atoms with Gasteiger partial charge >= 0.3 is 0 Å². The van der Waals surface area contributed by atoms with Crippen LogP contribution in [0.3, 0.4) is 0 Å². The minimum atomic E-state index is -0.887. The lowest BCUT2D eigenvalue weighted by Crippen LogP contribution is -2.03. The predicted octanol–water partition coefficient (Wildman–Crippen LogP) is 5.09. The highest BCUT2D eigenvalue weighted by Crippen LogP contribution is 2.31. The van der Waals surface area contributed by atoms with Gasteiger partial charge in [-0.3, -0.25) is 0 Å². The average molecular weight is 329 g/mol. The fraction of sp³-hybridized carbons (Fsp3) is 0.200. The summed E-state index contributed by atoms with van der Waals surface area (Å²) in [4.78, 5) is -0.399. The zero-order valence-corrected chi connectivity index (χ0v) is 11.8. The van der Waals surface area contributed by atoms with Gasteiger partial charge in [-0.1, -0.05) is 46.3 Å². The first-order chi connectivity index (χ1) is 9.00. The molecule has 19 heavy (non-hydrogen) atoms. The number of halogens is 4. The molecule has 1 atom stereocenters. The van der Waals surface area contributed by atoms with Gasteiger partial charge in [0, 0.05) is 10.4 Å². The summed E-state index contributed by atoms with van der Waals surface area (Å²) >= 11 is 3.34. The van der Waals surface area contributed by atoms with Crippen molar-refractivity contribution in [2.24, 2.45) is 0 Å². The van der Waals surface area contributed by atoms with E-state index in [1.54, 1.807) is 25.1 Å². The maximum Gasteiger partial charge on any atom is 0.162 e. The van der Waals surface area contributed by atoms with E-state index in [9.17, 15) is 13.2 Å².